The van der Waals surface area contributed by atoms with Crippen LogP contribution in [0.3, 0.4) is 0 Å². The smallest absolute Gasteiger partial charge is 0.234 e. The molecule has 2 aliphatic heterocycles. The van der Waals surface area contributed by atoms with Gasteiger partial charge in [-0.05, 0) is 42.9 Å². The van der Waals surface area contributed by atoms with E-state index in [9.17, 15) is 4.39 Å². The average molecular weight is 384 g/mol. The summed E-state index contributed by atoms with van der Waals surface area (Å²) in [6.07, 6.45) is 3.97. The molecule has 0 radical (unpaired) electrons. The number of anilines is 1. The summed E-state index contributed by atoms with van der Waals surface area (Å²) >= 11 is 0. The first-order valence-electron chi connectivity index (χ1n) is 9.37. The Kier molecular flexibility index (Phi) is 5.53. The number of halogens is 1. The fourth-order valence-corrected chi connectivity index (χ4v) is 3.53. The average Bonchev–Trinajstić information content (AvgIpc) is 3.20. The van der Waals surface area contributed by atoms with E-state index >= 15 is 0 Å². The van der Waals surface area contributed by atoms with Gasteiger partial charge in [-0.25, -0.2) is 9.37 Å². The number of hydrogen-bond acceptors (Lipinski definition) is 7. The number of aromatic nitrogens is 2. The lowest BCUT2D eigenvalue weighted by Gasteiger charge is -2.28. The van der Waals surface area contributed by atoms with Crippen molar-refractivity contribution in [3.8, 4) is 17.6 Å². The van der Waals surface area contributed by atoms with E-state index in [0.717, 1.165) is 44.2 Å². The van der Waals surface area contributed by atoms with Gasteiger partial charge in [-0.1, -0.05) is 6.07 Å². The lowest BCUT2D eigenvalue weighted by atomic mass is 9.96. The highest BCUT2D eigenvalue weighted by molar-refractivity contribution is 5.47. The minimum Gasteiger partial charge on any atom is -0.454 e. The Bertz CT molecular complexity index is 880. The fourth-order valence-electron chi connectivity index (χ4n) is 3.53. The number of nitriles is 1. The van der Waals surface area contributed by atoms with Crippen LogP contribution in [-0.4, -0.2) is 36.5 Å². The summed E-state index contributed by atoms with van der Waals surface area (Å²) in [4.78, 5) is 9.70. The van der Waals surface area contributed by atoms with E-state index in [-0.39, 0.29) is 18.4 Å². The number of fused-ring (bicyclic) bond motifs is 1. The van der Waals surface area contributed by atoms with Crippen LogP contribution in [0.1, 0.15) is 30.7 Å². The molecule has 0 saturated carbocycles. The van der Waals surface area contributed by atoms with Gasteiger partial charge in [0.05, 0.1) is 6.20 Å². The molecule has 0 unspecified atom stereocenters. The first kappa shape index (κ1) is 18.4. The largest absolute Gasteiger partial charge is 0.454 e. The molecule has 1 fully saturated rings. The predicted molar refractivity (Wildman–Crippen MR) is 98.5 cm³/mol. The second-order valence-corrected chi connectivity index (χ2v) is 6.93. The molecule has 0 spiro atoms. The molecule has 1 saturated heterocycles. The Balaban J connectivity index is 1.56. The maximum absolute atomic E-state index is 14.5. The minimum atomic E-state index is -0.535. The van der Waals surface area contributed by atoms with E-state index in [4.69, 9.17) is 19.5 Å². The van der Waals surface area contributed by atoms with Gasteiger partial charge in [0.1, 0.15) is 6.07 Å². The van der Waals surface area contributed by atoms with Crippen LogP contribution in [-0.2, 0) is 11.3 Å². The van der Waals surface area contributed by atoms with Crippen LogP contribution in [0.25, 0.3) is 0 Å². The van der Waals surface area contributed by atoms with Gasteiger partial charge in [0.25, 0.3) is 0 Å². The van der Waals surface area contributed by atoms with E-state index in [2.05, 4.69) is 9.97 Å². The first-order valence-corrected chi connectivity index (χ1v) is 9.37. The van der Waals surface area contributed by atoms with Crippen LogP contribution in [0.2, 0.25) is 0 Å². The van der Waals surface area contributed by atoms with Crippen LogP contribution in [0.15, 0.2) is 24.4 Å². The zero-order valence-electron chi connectivity index (χ0n) is 15.4. The van der Waals surface area contributed by atoms with Gasteiger partial charge in [-0.3, -0.25) is 0 Å². The SMILES string of the molecule is N#Cc1ncc(F)c(N(CCC2CCOCC2)Cc2ccc3c(c2)OCO3)n1. The Morgan fingerprint density at radius 3 is 2.86 bits per heavy atom. The molecule has 0 N–H and O–H groups in total. The molecule has 4 rings (SSSR count). The summed E-state index contributed by atoms with van der Waals surface area (Å²) in [5.41, 5.74) is 0.952. The van der Waals surface area contributed by atoms with Crippen LogP contribution < -0.4 is 14.4 Å². The maximum atomic E-state index is 14.5. The summed E-state index contributed by atoms with van der Waals surface area (Å²) < 4.78 is 30.7. The topological polar surface area (TPSA) is 80.5 Å². The maximum Gasteiger partial charge on any atom is 0.234 e. The van der Waals surface area contributed by atoms with Gasteiger partial charge >= 0.3 is 0 Å². The Morgan fingerprint density at radius 2 is 2.04 bits per heavy atom. The second-order valence-electron chi connectivity index (χ2n) is 6.93. The van der Waals surface area contributed by atoms with Crippen molar-refractivity contribution >= 4 is 5.82 Å². The monoisotopic (exact) mass is 384 g/mol. The molecule has 1 aromatic carbocycles. The molecular formula is C20H21FN4O3. The highest BCUT2D eigenvalue weighted by atomic mass is 19.1. The molecule has 0 amide bonds. The van der Waals surface area contributed by atoms with Crippen LogP contribution in [0, 0.1) is 23.1 Å². The normalized spacial score (nSPS) is 16.0. The van der Waals surface area contributed by atoms with Crippen molar-refractivity contribution in [2.24, 2.45) is 5.92 Å². The minimum absolute atomic E-state index is 0.0434. The van der Waals surface area contributed by atoms with Crippen molar-refractivity contribution < 1.29 is 18.6 Å². The molecular weight excluding hydrogens is 363 g/mol. The Hall–Kier alpha value is -2.92. The lowest BCUT2D eigenvalue weighted by molar-refractivity contribution is 0.0644. The number of ether oxygens (including phenoxy) is 3. The van der Waals surface area contributed by atoms with E-state index < -0.39 is 5.82 Å². The van der Waals surface area contributed by atoms with E-state index in [1.165, 1.54) is 0 Å². The third kappa shape index (κ3) is 4.15. The molecule has 2 aliphatic rings. The molecule has 1 aromatic heterocycles. The summed E-state index contributed by atoms with van der Waals surface area (Å²) in [5.74, 6) is 1.50. The van der Waals surface area contributed by atoms with Crippen LogP contribution >= 0.6 is 0 Å². The molecule has 0 atom stereocenters. The van der Waals surface area contributed by atoms with Crippen molar-refractivity contribution in [3.05, 3.63) is 41.6 Å². The quantitative estimate of drug-likeness (QED) is 0.757. The van der Waals surface area contributed by atoms with E-state index in [1.54, 1.807) is 0 Å². The molecule has 2 aromatic rings. The van der Waals surface area contributed by atoms with Gasteiger partial charge in [0.2, 0.25) is 12.6 Å². The number of rotatable bonds is 6. The van der Waals surface area contributed by atoms with Gasteiger partial charge < -0.3 is 19.1 Å². The van der Waals surface area contributed by atoms with Gasteiger partial charge in [-0.15, -0.1) is 0 Å². The fraction of sp³-hybridized carbons (Fsp3) is 0.450. The molecule has 8 heteroatoms. The zero-order chi connectivity index (χ0) is 19.3. The lowest BCUT2D eigenvalue weighted by Crippen LogP contribution is -2.29. The Labute approximate surface area is 162 Å². The predicted octanol–water partition coefficient (Wildman–Crippen LogP) is 3.04. The summed E-state index contributed by atoms with van der Waals surface area (Å²) in [5, 5.41) is 9.10. The van der Waals surface area contributed by atoms with Crippen molar-refractivity contribution in [2.75, 3.05) is 31.5 Å². The summed E-state index contributed by atoms with van der Waals surface area (Å²) in [6, 6.07) is 7.56. The van der Waals surface area contributed by atoms with Gasteiger partial charge in [0.15, 0.2) is 23.1 Å². The zero-order valence-corrected chi connectivity index (χ0v) is 15.4. The third-order valence-corrected chi connectivity index (χ3v) is 5.08. The Morgan fingerprint density at radius 1 is 1.21 bits per heavy atom. The number of benzene rings is 1. The van der Waals surface area contributed by atoms with Crippen molar-refractivity contribution in [1.82, 2.24) is 9.97 Å². The van der Waals surface area contributed by atoms with Crippen LogP contribution in [0.4, 0.5) is 10.2 Å². The number of hydrogen-bond donors (Lipinski definition) is 0. The molecule has 0 bridgehead atoms. The standard InChI is InChI=1S/C20H21FN4O3/c21-16-11-23-19(10-22)24-20(16)25(6-3-14-4-7-26-8-5-14)12-15-1-2-17-18(9-15)28-13-27-17/h1-2,9,11,14H,3-8,12-13H2. The molecule has 3 heterocycles. The van der Waals surface area contributed by atoms with Crippen molar-refractivity contribution in [2.45, 2.75) is 25.8 Å². The summed E-state index contributed by atoms with van der Waals surface area (Å²) in [6.45, 7) is 2.81. The molecule has 0 aliphatic carbocycles. The van der Waals surface area contributed by atoms with E-state index in [0.29, 0.717) is 30.5 Å². The molecule has 146 valence electrons. The highest BCUT2D eigenvalue weighted by Crippen LogP contribution is 2.33. The molecule has 28 heavy (non-hydrogen) atoms. The third-order valence-electron chi connectivity index (χ3n) is 5.08. The first-order chi connectivity index (χ1) is 13.7. The van der Waals surface area contributed by atoms with Crippen LogP contribution in [0.5, 0.6) is 11.5 Å². The molecule has 7 nitrogen and oxygen atoms in total. The summed E-state index contributed by atoms with van der Waals surface area (Å²) in [7, 11) is 0. The van der Waals surface area contributed by atoms with Crippen molar-refractivity contribution in [1.29, 1.82) is 5.26 Å². The highest BCUT2D eigenvalue weighted by Gasteiger charge is 2.21. The van der Waals surface area contributed by atoms with Gasteiger partial charge in [0, 0.05) is 26.3 Å². The van der Waals surface area contributed by atoms with Crippen molar-refractivity contribution in [3.63, 3.8) is 0 Å². The van der Waals surface area contributed by atoms with Gasteiger partial charge in [-0.2, -0.15) is 10.2 Å². The number of nitrogens with zero attached hydrogens (tertiary/aromatic N) is 4. The second kappa shape index (κ2) is 8.40. The van der Waals surface area contributed by atoms with E-state index in [1.807, 2.05) is 29.2 Å².